The molecule has 26 heavy (non-hydrogen) atoms. The van der Waals surface area contributed by atoms with Crippen LogP contribution >= 0.6 is 34.8 Å². The molecule has 0 fully saturated rings. The van der Waals surface area contributed by atoms with E-state index in [0.29, 0.717) is 20.8 Å². The Morgan fingerprint density at radius 1 is 0.769 bits per heavy atom. The molecule has 134 valence electrons. The summed E-state index contributed by atoms with van der Waals surface area (Å²) < 4.78 is 33.4. The Labute approximate surface area is 166 Å². The number of rotatable bonds is 5. The second kappa shape index (κ2) is 7.76. The maximum atomic E-state index is 12.6. The van der Waals surface area contributed by atoms with Crippen LogP contribution in [0.3, 0.4) is 0 Å². The molecule has 0 unspecified atom stereocenters. The van der Waals surface area contributed by atoms with Crippen LogP contribution in [0.5, 0.6) is 11.5 Å². The van der Waals surface area contributed by atoms with Gasteiger partial charge in [0.2, 0.25) is 0 Å². The largest absolute Gasteiger partial charge is 0.454 e. The lowest BCUT2D eigenvalue weighted by molar-refractivity contribution is 0.485. The van der Waals surface area contributed by atoms with Crippen molar-refractivity contribution in [3.8, 4) is 11.5 Å². The number of benzene rings is 3. The van der Waals surface area contributed by atoms with Crippen LogP contribution in [0.2, 0.25) is 15.1 Å². The summed E-state index contributed by atoms with van der Waals surface area (Å²) in [5.41, 5.74) is 0.187. The van der Waals surface area contributed by atoms with Gasteiger partial charge >= 0.3 is 0 Å². The van der Waals surface area contributed by atoms with Gasteiger partial charge in [0.15, 0.2) is 5.75 Å². The van der Waals surface area contributed by atoms with Crippen molar-refractivity contribution in [2.45, 2.75) is 4.90 Å². The summed E-state index contributed by atoms with van der Waals surface area (Å²) in [4.78, 5) is 0.121. The second-order valence-corrected chi connectivity index (χ2v) is 8.20. The van der Waals surface area contributed by atoms with E-state index in [1.165, 1.54) is 24.3 Å². The van der Waals surface area contributed by atoms with Crippen LogP contribution in [-0.2, 0) is 10.0 Å². The van der Waals surface area contributed by atoms with E-state index in [1.807, 2.05) is 0 Å². The van der Waals surface area contributed by atoms with Gasteiger partial charge in [-0.2, -0.15) is 0 Å². The monoisotopic (exact) mass is 427 g/mol. The molecule has 0 aliphatic carbocycles. The van der Waals surface area contributed by atoms with E-state index in [2.05, 4.69) is 4.72 Å². The maximum Gasteiger partial charge on any atom is 0.262 e. The first-order chi connectivity index (χ1) is 12.3. The average molecular weight is 429 g/mol. The van der Waals surface area contributed by atoms with E-state index >= 15 is 0 Å². The maximum absolute atomic E-state index is 12.6. The molecular formula is C18H12Cl3NO3S. The second-order valence-electron chi connectivity index (χ2n) is 5.24. The van der Waals surface area contributed by atoms with Crippen LogP contribution in [-0.4, -0.2) is 8.42 Å². The minimum atomic E-state index is -3.80. The molecule has 3 rings (SSSR count). The fourth-order valence-corrected chi connectivity index (χ4v) is 3.85. The standard InChI is InChI=1S/C18H12Cl3NO3S/c19-12-6-8-17(15(21)10-12)25-18-9-7-13(20)11-16(18)22-26(23,24)14-4-2-1-3-5-14/h1-11,22H. The van der Waals surface area contributed by atoms with Gasteiger partial charge in [0.1, 0.15) is 5.75 Å². The zero-order valence-corrected chi connectivity index (χ0v) is 16.2. The van der Waals surface area contributed by atoms with Crippen molar-refractivity contribution in [1.82, 2.24) is 0 Å². The Morgan fingerprint density at radius 3 is 2.04 bits per heavy atom. The molecule has 0 radical (unpaired) electrons. The van der Waals surface area contributed by atoms with Gasteiger partial charge in [-0.3, -0.25) is 4.72 Å². The molecule has 0 spiro atoms. The van der Waals surface area contributed by atoms with Gasteiger partial charge in [0.05, 0.1) is 15.6 Å². The molecule has 8 heteroatoms. The lowest BCUT2D eigenvalue weighted by Gasteiger charge is -2.14. The van der Waals surface area contributed by atoms with E-state index in [0.717, 1.165) is 0 Å². The first-order valence-electron chi connectivity index (χ1n) is 7.35. The van der Waals surface area contributed by atoms with E-state index in [-0.39, 0.29) is 16.3 Å². The van der Waals surface area contributed by atoms with Gasteiger partial charge in [-0.25, -0.2) is 8.42 Å². The van der Waals surface area contributed by atoms with Gasteiger partial charge in [-0.15, -0.1) is 0 Å². The molecule has 3 aromatic carbocycles. The predicted molar refractivity (Wildman–Crippen MR) is 105 cm³/mol. The van der Waals surface area contributed by atoms with Crippen LogP contribution in [0, 0.1) is 0 Å². The van der Waals surface area contributed by atoms with E-state index in [4.69, 9.17) is 39.5 Å². The van der Waals surface area contributed by atoms with Crippen molar-refractivity contribution in [3.05, 3.63) is 81.8 Å². The van der Waals surface area contributed by atoms with Crippen molar-refractivity contribution >= 4 is 50.5 Å². The Hall–Kier alpha value is -1.92. The lowest BCUT2D eigenvalue weighted by Crippen LogP contribution is -2.13. The van der Waals surface area contributed by atoms with Crippen LogP contribution in [0.4, 0.5) is 5.69 Å². The third-order valence-corrected chi connectivity index (χ3v) is 5.50. The molecule has 0 aliphatic rings. The van der Waals surface area contributed by atoms with Crippen LogP contribution in [0.15, 0.2) is 71.6 Å². The Morgan fingerprint density at radius 2 is 1.38 bits per heavy atom. The predicted octanol–water partition coefficient (Wildman–Crippen LogP) is 6.24. The average Bonchev–Trinajstić information content (AvgIpc) is 2.60. The summed E-state index contributed by atoms with van der Waals surface area (Å²) in [5, 5.41) is 1.11. The van der Waals surface area contributed by atoms with Crippen molar-refractivity contribution in [1.29, 1.82) is 0 Å². The molecule has 0 saturated carbocycles. The zero-order valence-electron chi connectivity index (χ0n) is 13.1. The van der Waals surface area contributed by atoms with Gasteiger partial charge < -0.3 is 4.74 Å². The third kappa shape index (κ3) is 4.43. The van der Waals surface area contributed by atoms with E-state index < -0.39 is 10.0 Å². The first kappa shape index (κ1) is 18.9. The van der Waals surface area contributed by atoms with Crippen LogP contribution in [0.1, 0.15) is 0 Å². The molecular weight excluding hydrogens is 417 g/mol. The van der Waals surface area contributed by atoms with E-state index in [9.17, 15) is 8.42 Å². The van der Waals surface area contributed by atoms with Crippen molar-refractivity contribution in [2.75, 3.05) is 4.72 Å². The molecule has 0 saturated heterocycles. The highest BCUT2D eigenvalue weighted by molar-refractivity contribution is 7.92. The number of ether oxygens (including phenoxy) is 1. The number of sulfonamides is 1. The molecule has 0 heterocycles. The minimum absolute atomic E-state index is 0.121. The molecule has 4 nitrogen and oxygen atoms in total. The molecule has 3 aromatic rings. The van der Waals surface area contributed by atoms with Gasteiger partial charge in [0, 0.05) is 10.0 Å². The SMILES string of the molecule is O=S(=O)(Nc1cc(Cl)ccc1Oc1ccc(Cl)cc1Cl)c1ccccc1. The lowest BCUT2D eigenvalue weighted by atomic mass is 10.3. The quantitative estimate of drug-likeness (QED) is 0.523. The van der Waals surface area contributed by atoms with E-state index in [1.54, 1.807) is 42.5 Å². The molecule has 0 amide bonds. The summed E-state index contributed by atoms with van der Waals surface area (Å²) in [7, 11) is -3.80. The summed E-state index contributed by atoms with van der Waals surface area (Å²) in [6.07, 6.45) is 0. The minimum Gasteiger partial charge on any atom is -0.454 e. The van der Waals surface area contributed by atoms with Gasteiger partial charge in [-0.1, -0.05) is 53.0 Å². The molecule has 0 atom stereocenters. The number of halogens is 3. The number of anilines is 1. The van der Waals surface area contributed by atoms with Crippen LogP contribution in [0.25, 0.3) is 0 Å². The molecule has 0 aromatic heterocycles. The molecule has 0 aliphatic heterocycles. The Kier molecular flexibility index (Phi) is 5.63. The van der Waals surface area contributed by atoms with Gasteiger partial charge in [-0.05, 0) is 48.5 Å². The summed E-state index contributed by atoms with van der Waals surface area (Å²) in [6, 6.07) is 17.3. The molecule has 1 N–H and O–H groups in total. The van der Waals surface area contributed by atoms with Crippen LogP contribution < -0.4 is 9.46 Å². The normalized spacial score (nSPS) is 11.2. The molecule has 0 bridgehead atoms. The number of nitrogens with one attached hydrogen (secondary N) is 1. The summed E-state index contributed by atoms with van der Waals surface area (Å²) in [6.45, 7) is 0. The third-order valence-electron chi connectivity index (χ3n) is 3.35. The highest BCUT2D eigenvalue weighted by Crippen LogP contribution is 2.37. The van der Waals surface area contributed by atoms with Crippen molar-refractivity contribution in [2.24, 2.45) is 0 Å². The first-order valence-corrected chi connectivity index (χ1v) is 9.97. The fourth-order valence-electron chi connectivity index (χ4n) is 2.15. The topological polar surface area (TPSA) is 55.4 Å². The smallest absolute Gasteiger partial charge is 0.262 e. The number of hydrogen-bond acceptors (Lipinski definition) is 3. The van der Waals surface area contributed by atoms with Crippen molar-refractivity contribution in [3.63, 3.8) is 0 Å². The summed E-state index contributed by atoms with van der Waals surface area (Å²) in [5.74, 6) is 0.580. The van der Waals surface area contributed by atoms with Gasteiger partial charge in [0.25, 0.3) is 10.0 Å². The summed E-state index contributed by atoms with van der Waals surface area (Å²) >= 11 is 18.0. The Balaban J connectivity index is 1.96. The van der Waals surface area contributed by atoms with Crippen molar-refractivity contribution < 1.29 is 13.2 Å². The zero-order chi connectivity index (χ0) is 18.7. The highest BCUT2D eigenvalue weighted by Gasteiger charge is 2.17. The number of hydrogen-bond donors (Lipinski definition) is 1. The Bertz CT molecular complexity index is 1040. The fraction of sp³-hybridized carbons (Fsp3) is 0. The highest BCUT2D eigenvalue weighted by atomic mass is 35.5.